The maximum atomic E-state index is 12.7. The summed E-state index contributed by atoms with van der Waals surface area (Å²) in [5.74, 6) is -4.32. The second-order valence-corrected chi connectivity index (χ2v) is 7.08. The molecule has 31 heavy (non-hydrogen) atoms. The molecule has 13 heteroatoms. The van der Waals surface area contributed by atoms with E-state index in [1.165, 1.54) is 0 Å². The number of carboxylic acid groups (broad SMARTS) is 1. The maximum absolute atomic E-state index is 12.7. The normalized spacial score (nSPS) is 13.5. The average Bonchev–Trinajstić information content (AvgIpc) is 2.70. The highest BCUT2D eigenvalue weighted by Gasteiger charge is 2.29. The van der Waals surface area contributed by atoms with Crippen LogP contribution in [0.3, 0.4) is 0 Å². The van der Waals surface area contributed by atoms with Gasteiger partial charge in [-0.25, -0.2) is 0 Å². The highest BCUT2D eigenvalue weighted by molar-refractivity contribution is 5.95. The molecule has 0 aliphatic rings. The number of hydrogen-bond donors (Lipinski definition) is 8. The van der Waals surface area contributed by atoms with Crippen molar-refractivity contribution in [3.63, 3.8) is 0 Å². The van der Waals surface area contributed by atoms with Crippen molar-refractivity contribution in [2.75, 3.05) is 19.6 Å². The van der Waals surface area contributed by atoms with Crippen molar-refractivity contribution in [1.29, 1.82) is 0 Å². The van der Waals surface area contributed by atoms with E-state index in [4.69, 9.17) is 28.0 Å². The van der Waals surface area contributed by atoms with Crippen molar-refractivity contribution in [3.8, 4) is 0 Å². The zero-order valence-corrected chi connectivity index (χ0v) is 17.6. The largest absolute Gasteiger partial charge is 0.480 e. The Morgan fingerprint density at radius 2 is 1.32 bits per heavy atom. The van der Waals surface area contributed by atoms with E-state index in [1.54, 1.807) is 0 Å². The lowest BCUT2D eigenvalue weighted by Crippen LogP contribution is -2.56. The fourth-order valence-electron chi connectivity index (χ4n) is 2.65. The van der Waals surface area contributed by atoms with Gasteiger partial charge < -0.3 is 44.0 Å². The smallest absolute Gasteiger partial charge is 0.322 e. The van der Waals surface area contributed by atoms with Crippen LogP contribution in [-0.2, 0) is 24.0 Å². The van der Waals surface area contributed by atoms with E-state index in [0.29, 0.717) is 45.2 Å². The van der Waals surface area contributed by atoms with Crippen LogP contribution in [0.4, 0.5) is 0 Å². The Labute approximate surface area is 181 Å². The number of nitrogens with one attached hydrogen (secondary N) is 3. The minimum Gasteiger partial charge on any atom is -0.480 e. The Morgan fingerprint density at radius 1 is 0.774 bits per heavy atom. The Balaban J connectivity index is 5.18. The molecule has 0 heterocycles. The first-order valence-electron chi connectivity index (χ1n) is 10.2. The summed E-state index contributed by atoms with van der Waals surface area (Å²) in [5, 5.41) is 15.7. The lowest BCUT2D eigenvalue weighted by Gasteiger charge is -2.23. The summed E-state index contributed by atoms with van der Waals surface area (Å²) in [4.78, 5) is 59.2. The number of nitrogens with two attached hydrogens (primary N) is 4. The SMILES string of the molecule is NCCCCC(N)C(=O)NC(CCCCN)C(=O)NC(CC(N)=O)C(=O)NCC(=O)O. The van der Waals surface area contributed by atoms with E-state index in [0.717, 1.165) is 0 Å². The minimum absolute atomic E-state index is 0.227. The van der Waals surface area contributed by atoms with Crippen LogP contribution in [0.25, 0.3) is 0 Å². The molecule has 12 N–H and O–H groups in total. The molecular weight excluding hydrogens is 410 g/mol. The number of hydrogen-bond acceptors (Lipinski definition) is 8. The van der Waals surface area contributed by atoms with Crippen LogP contribution in [0.15, 0.2) is 0 Å². The first-order chi connectivity index (χ1) is 14.6. The monoisotopic (exact) mass is 445 g/mol. The second kappa shape index (κ2) is 16.0. The van der Waals surface area contributed by atoms with Crippen molar-refractivity contribution in [2.24, 2.45) is 22.9 Å². The van der Waals surface area contributed by atoms with Gasteiger partial charge in [0.05, 0.1) is 12.5 Å². The fraction of sp³-hybridized carbons (Fsp3) is 0.722. The minimum atomic E-state index is -1.39. The molecule has 0 aromatic rings. The molecule has 0 aliphatic carbocycles. The molecule has 0 fully saturated rings. The van der Waals surface area contributed by atoms with Gasteiger partial charge in [0.1, 0.15) is 18.6 Å². The predicted molar refractivity (Wildman–Crippen MR) is 112 cm³/mol. The van der Waals surface area contributed by atoms with E-state index >= 15 is 0 Å². The standard InChI is InChI=1S/C18H35N7O6/c19-7-3-1-5-11(21)16(29)24-12(6-2-4-8-20)18(31)25-13(9-14(22)26)17(30)23-10-15(27)28/h11-13H,1-10,19-21H2,(H2,22,26)(H,23,30)(H,24,29)(H,25,31)(H,27,28). The molecule has 0 aliphatic heterocycles. The molecule has 0 bridgehead atoms. The van der Waals surface area contributed by atoms with Crippen molar-refractivity contribution in [3.05, 3.63) is 0 Å². The summed E-state index contributed by atoms with van der Waals surface area (Å²) in [6.07, 6.45) is 2.56. The average molecular weight is 446 g/mol. The van der Waals surface area contributed by atoms with Crippen LogP contribution in [0.1, 0.15) is 44.9 Å². The van der Waals surface area contributed by atoms with Crippen LogP contribution in [-0.4, -0.2) is 72.5 Å². The van der Waals surface area contributed by atoms with Crippen molar-refractivity contribution in [2.45, 2.75) is 63.1 Å². The van der Waals surface area contributed by atoms with Gasteiger partial charge in [0.15, 0.2) is 0 Å². The van der Waals surface area contributed by atoms with E-state index in [9.17, 15) is 24.0 Å². The number of rotatable bonds is 17. The van der Waals surface area contributed by atoms with Crippen LogP contribution >= 0.6 is 0 Å². The van der Waals surface area contributed by atoms with Gasteiger partial charge in [-0.3, -0.25) is 24.0 Å². The number of amides is 4. The quantitative estimate of drug-likeness (QED) is 0.104. The molecule has 0 aromatic carbocycles. The molecule has 0 saturated heterocycles. The zero-order valence-electron chi connectivity index (χ0n) is 17.6. The lowest BCUT2D eigenvalue weighted by atomic mass is 10.0. The molecule has 0 saturated carbocycles. The summed E-state index contributed by atoms with van der Waals surface area (Å²) in [5.41, 5.74) is 21.9. The molecule has 13 nitrogen and oxygen atoms in total. The highest BCUT2D eigenvalue weighted by Crippen LogP contribution is 2.05. The van der Waals surface area contributed by atoms with Gasteiger partial charge in [0.25, 0.3) is 0 Å². The third-order valence-electron chi connectivity index (χ3n) is 4.34. The molecule has 0 radical (unpaired) electrons. The van der Waals surface area contributed by atoms with Crippen LogP contribution in [0.2, 0.25) is 0 Å². The van der Waals surface area contributed by atoms with Crippen LogP contribution in [0, 0.1) is 0 Å². The van der Waals surface area contributed by atoms with Gasteiger partial charge in [0, 0.05) is 0 Å². The maximum Gasteiger partial charge on any atom is 0.322 e. The van der Waals surface area contributed by atoms with Gasteiger partial charge in [-0.15, -0.1) is 0 Å². The molecular formula is C18H35N7O6. The third-order valence-corrected chi connectivity index (χ3v) is 4.34. The van der Waals surface area contributed by atoms with Gasteiger partial charge in [-0.05, 0) is 45.2 Å². The molecule has 178 valence electrons. The first-order valence-corrected chi connectivity index (χ1v) is 10.2. The number of aliphatic carboxylic acids is 1. The molecule has 3 atom stereocenters. The van der Waals surface area contributed by atoms with Crippen molar-refractivity contribution < 1.29 is 29.1 Å². The molecule has 3 unspecified atom stereocenters. The number of carbonyl (C=O) groups is 5. The van der Waals surface area contributed by atoms with E-state index in [-0.39, 0.29) is 6.42 Å². The van der Waals surface area contributed by atoms with E-state index < -0.39 is 60.7 Å². The van der Waals surface area contributed by atoms with E-state index in [1.807, 2.05) is 0 Å². The summed E-state index contributed by atoms with van der Waals surface area (Å²) in [6.45, 7) is 0.171. The van der Waals surface area contributed by atoms with Gasteiger partial charge in [-0.2, -0.15) is 0 Å². The van der Waals surface area contributed by atoms with Gasteiger partial charge in [0.2, 0.25) is 23.6 Å². The predicted octanol–water partition coefficient (Wildman–Crippen LogP) is -3.38. The lowest BCUT2D eigenvalue weighted by molar-refractivity contribution is -0.138. The topological polar surface area (TPSA) is 246 Å². The van der Waals surface area contributed by atoms with Crippen molar-refractivity contribution in [1.82, 2.24) is 16.0 Å². The zero-order chi connectivity index (χ0) is 23.8. The third kappa shape index (κ3) is 13.2. The summed E-state index contributed by atoms with van der Waals surface area (Å²) < 4.78 is 0. The van der Waals surface area contributed by atoms with Crippen LogP contribution < -0.4 is 38.9 Å². The highest BCUT2D eigenvalue weighted by atomic mass is 16.4. The Kier molecular flexibility index (Phi) is 14.6. The molecule has 0 rings (SSSR count). The van der Waals surface area contributed by atoms with E-state index in [2.05, 4.69) is 16.0 Å². The Hall–Kier alpha value is -2.77. The molecule has 0 spiro atoms. The second-order valence-electron chi connectivity index (χ2n) is 7.08. The van der Waals surface area contributed by atoms with Crippen molar-refractivity contribution >= 4 is 29.6 Å². The van der Waals surface area contributed by atoms with Crippen LogP contribution in [0.5, 0.6) is 0 Å². The Morgan fingerprint density at radius 3 is 1.84 bits per heavy atom. The molecule has 4 amide bonds. The number of carbonyl (C=O) groups excluding carboxylic acids is 4. The van der Waals surface area contributed by atoms with Gasteiger partial charge >= 0.3 is 5.97 Å². The number of unbranched alkanes of at least 4 members (excludes halogenated alkanes) is 2. The number of carboxylic acids is 1. The fourth-order valence-corrected chi connectivity index (χ4v) is 2.65. The molecule has 0 aromatic heterocycles. The number of primary amides is 1. The summed E-state index contributed by atoms with van der Waals surface area (Å²) in [6, 6.07) is -3.25. The summed E-state index contributed by atoms with van der Waals surface area (Å²) in [7, 11) is 0. The van der Waals surface area contributed by atoms with Gasteiger partial charge in [-0.1, -0.05) is 6.42 Å². The first kappa shape index (κ1) is 28.2. The summed E-state index contributed by atoms with van der Waals surface area (Å²) >= 11 is 0. The Bertz CT molecular complexity index is 616.